The molecule has 4 N–H and O–H groups in total. The molecule has 2 amide bonds. The SMILES string of the molecule is CCc1cc(C(=O)NC(C)C(=O)NCC(C)C)cc(N)n1. The van der Waals surface area contributed by atoms with Crippen LogP contribution in [0.15, 0.2) is 12.1 Å². The van der Waals surface area contributed by atoms with Gasteiger partial charge in [-0.05, 0) is 31.4 Å². The Morgan fingerprint density at radius 3 is 2.52 bits per heavy atom. The first-order chi connectivity index (χ1) is 9.83. The predicted octanol–water partition coefficient (Wildman–Crippen LogP) is 1.12. The third-order valence-corrected chi connectivity index (χ3v) is 2.95. The first kappa shape index (κ1) is 16.9. The maximum Gasteiger partial charge on any atom is 0.252 e. The van der Waals surface area contributed by atoms with Crippen molar-refractivity contribution in [3.63, 3.8) is 0 Å². The third kappa shape index (κ3) is 5.41. The van der Waals surface area contributed by atoms with E-state index in [2.05, 4.69) is 15.6 Å². The van der Waals surface area contributed by atoms with E-state index in [9.17, 15) is 9.59 Å². The van der Waals surface area contributed by atoms with Crippen molar-refractivity contribution in [1.29, 1.82) is 0 Å². The Morgan fingerprint density at radius 1 is 1.29 bits per heavy atom. The minimum absolute atomic E-state index is 0.199. The third-order valence-electron chi connectivity index (χ3n) is 2.95. The lowest BCUT2D eigenvalue weighted by Gasteiger charge is -2.15. The summed E-state index contributed by atoms with van der Waals surface area (Å²) in [7, 11) is 0. The predicted molar refractivity (Wildman–Crippen MR) is 82.8 cm³/mol. The van der Waals surface area contributed by atoms with E-state index >= 15 is 0 Å². The summed E-state index contributed by atoms with van der Waals surface area (Å²) < 4.78 is 0. The molecule has 1 rings (SSSR count). The standard InChI is InChI=1S/C15H24N4O2/c1-5-12-6-11(7-13(16)19-12)15(21)18-10(4)14(20)17-8-9(2)3/h6-7,9-10H,5,8H2,1-4H3,(H2,16,19)(H,17,20)(H,18,21). The number of nitrogen functional groups attached to an aromatic ring is 1. The van der Waals surface area contributed by atoms with E-state index in [4.69, 9.17) is 5.73 Å². The summed E-state index contributed by atoms with van der Waals surface area (Å²) >= 11 is 0. The summed E-state index contributed by atoms with van der Waals surface area (Å²) in [4.78, 5) is 28.1. The maximum atomic E-state index is 12.1. The van der Waals surface area contributed by atoms with Gasteiger partial charge in [-0.1, -0.05) is 20.8 Å². The number of nitrogens with zero attached hydrogens (tertiary/aromatic N) is 1. The molecule has 1 aromatic heterocycles. The molecule has 21 heavy (non-hydrogen) atoms. The van der Waals surface area contributed by atoms with Crippen LogP contribution in [-0.4, -0.2) is 29.4 Å². The highest BCUT2D eigenvalue weighted by atomic mass is 16.2. The molecule has 0 radical (unpaired) electrons. The molecule has 0 aromatic carbocycles. The average molecular weight is 292 g/mol. The molecule has 0 aliphatic carbocycles. The highest BCUT2D eigenvalue weighted by Crippen LogP contribution is 2.08. The number of aromatic nitrogens is 1. The molecular formula is C15H24N4O2. The Labute approximate surface area is 125 Å². The van der Waals surface area contributed by atoms with Gasteiger partial charge in [-0.15, -0.1) is 0 Å². The molecule has 6 heteroatoms. The van der Waals surface area contributed by atoms with Crippen LogP contribution in [0.5, 0.6) is 0 Å². The highest BCUT2D eigenvalue weighted by Gasteiger charge is 2.17. The zero-order chi connectivity index (χ0) is 16.0. The number of hydrogen-bond acceptors (Lipinski definition) is 4. The summed E-state index contributed by atoms with van der Waals surface area (Å²) in [6.45, 7) is 8.19. The number of anilines is 1. The first-order valence-electron chi connectivity index (χ1n) is 7.18. The van der Waals surface area contributed by atoms with Gasteiger partial charge >= 0.3 is 0 Å². The number of pyridine rings is 1. The van der Waals surface area contributed by atoms with Crippen LogP contribution in [0.4, 0.5) is 5.82 Å². The number of hydrogen-bond donors (Lipinski definition) is 3. The lowest BCUT2D eigenvalue weighted by atomic mass is 10.1. The van der Waals surface area contributed by atoms with Crippen molar-refractivity contribution in [2.45, 2.75) is 40.2 Å². The van der Waals surface area contributed by atoms with Crippen molar-refractivity contribution in [2.75, 3.05) is 12.3 Å². The molecule has 0 aliphatic rings. The van der Waals surface area contributed by atoms with E-state index in [1.54, 1.807) is 13.0 Å². The summed E-state index contributed by atoms with van der Waals surface area (Å²) in [5, 5.41) is 5.45. The molecular weight excluding hydrogens is 268 g/mol. The fourth-order valence-corrected chi connectivity index (χ4v) is 1.73. The minimum Gasteiger partial charge on any atom is -0.384 e. The van der Waals surface area contributed by atoms with Gasteiger partial charge in [0.25, 0.3) is 5.91 Å². The maximum absolute atomic E-state index is 12.1. The Kier molecular flexibility index (Phi) is 6.14. The van der Waals surface area contributed by atoms with E-state index < -0.39 is 6.04 Å². The second-order valence-electron chi connectivity index (χ2n) is 5.46. The van der Waals surface area contributed by atoms with Gasteiger partial charge in [-0.2, -0.15) is 0 Å². The number of amides is 2. The second kappa shape index (κ2) is 7.61. The fraction of sp³-hybridized carbons (Fsp3) is 0.533. The Bertz CT molecular complexity index is 514. The molecule has 1 aromatic rings. The molecule has 0 aliphatic heterocycles. The molecule has 0 spiro atoms. The lowest BCUT2D eigenvalue weighted by molar-refractivity contribution is -0.122. The van der Waals surface area contributed by atoms with E-state index in [0.29, 0.717) is 30.3 Å². The number of aryl methyl sites for hydroxylation is 1. The van der Waals surface area contributed by atoms with E-state index in [0.717, 1.165) is 5.69 Å². The number of rotatable bonds is 6. The molecule has 1 unspecified atom stereocenters. The van der Waals surface area contributed by atoms with Gasteiger partial charge in [0.15, 0.2) is 0 Å². The topological polar surface area (TPSA) is 97.1 Å². The molecule has 116 valence electrons. The number of carbonyl (C=O) groups excluding carboxylic acids is 2. The van der Waals surface area contributed by atoms with Gasteiger partial charge in [0.05, 0.1) is 0 Å². The van der Waals surface area contributed by atoms with Gasteiger partial charge < -0.3 is 16.4 Å². The van der Waals surface area contributed by atoms with Crippen molar-refractivity contribution in [1.82, 2.24) is 15.6 Å². The van der Waals surface area contributed by atoms with Crippen LogP contribution in [0.3, 0.4) is 0 Å². The van der Waals surface area contributed by atoms with E-state index in [1.807, 2.05) is 20.8 Å². The van der Waals surface area contributed by atoms with Gasteiger partial charge in [0, 0.05) is 17.8 Å². The van der Waals surface area contributed by atoms with Crippen molar-refractivity contribution in [3.8, 4) is 0 Å². The fourth-order valence-electron chi connectivity index (χ4n) is 1.73. The van der Waals surface area contributed by atoms with Crippen LogP contribution in [0.25, 0.3) is 0 Å². The summed E-state index contributed by atoms with van der Waals surface area (Å²) in [6, 6.07) is 2.59. The molecule has 0 bridgehead atoms. The first-order valence-corrected chi connectivity index (χ1v) is 7.18. The molecule has 6 nitrogen and oxygen atoms in total. The Morgan fingerprint density at radius 2 is 1.95 bits per heavy atom. The highest BCUT2D eigenvalue weighted by molar-refractivity contribution is 5.97. The average Bonchev–Trinajstić information content (AvgIpc) is 2.43. The molecule has 0 fully saturated rings. The van der Waals surface area contributed by atoms with Crippen molar-refractivity contribution >= 4 is 17.6 Å². The van der Waals surface area contributed by atoms with Crippen LogP contribution in [0, 0.1) is 5.92 Å². The monoisotopic (exact) mass is 292 g/mol. The van der Waals surface area contributed by atoms with Gasteiger partial charge in [0.2, 0.25) is 5.91 Å². The van der Waals surface area contributed by atoms with Crippen molar-refractivity contribution < 1.29 is 9.59 Å². The van der Waals surface area contributed by atoms with Crippen LogP contribution in [0.1, 0.15) is 43.7 Å². The van der Waals surface area contributed by atoms with Crippen LogP contribution in [0.2, 0.25) is 0 Å². The zero-order valence-corrected chi connectivity index (χ0v) is 13.1. The normalized spacial score (nSPS) is 12.0. The Hall–Kier alpha value is -2.11. The number of nitrogens with two attached hydrogens (primary N) is 1. The smallest absolute Gasteiger partial charge is 0.252 e. The lowest BCUT2D eigenvalue weighted by Crippen LogP contribution is -2.45. The number of carbonyl (C=O) groups is 2. The van der Waals surface area contributed by atoms with E-state index in [1.165, 1.54) is 6.07 Å². The Balaban J connectivity index is 2.68. The van der Waals surface area contributed by atoms with Crippen molar-refractivity contribution in [2.24, 2.45) is 5.92 Å². The van der Waals surface area contributed by atoms with E-state index in [-0.39, 0.29) is 11.8 Å². The molecule has 1 atom stereocenters. The van der Waals surface area contributed by atoms with Gasteiger partial charge in [-0.25, -0.2) is 4.98 Å². The second-order valence-corrected chi connectivity index (χ2v) is 5.46. The summed E-state index contributed by atoms with van der Waals surface area (Å²) in [5.74, 6) is 0.140. The van der Waals surface area contributed by atoms with Gasteiger partial charge in [0.1, 0.15) is 11.9 Å². The number of nitrogens with one attached hydrogen (secondary N) is 2. The zero-order valence-electron chi connectivity index (χ0n) is 13.1. The molecule has 1 heterocycles. The van der Waals surface area contributed by atoms with Crippen LogP contribution < -0.4 is 16.4 Å². The molecule has 0 saturated carbocycles. The summed E-state index contributed by atoms with van der Waals surface area (Å²) in [5.41, 5.74) is 6.84. The molecule has 0 saturated heterocycles. The minimum atomic E-state index is -0.601. The van der Waals surface area contributed by atoms with Gasteiger partial charge in [-0.3, -0.25) is 9.59 Å². The quantitative estimate of drug-likeness (QED) is 0.732. The largest absolute Gasteiger partial charge is 0.384 e. The summed E-state index contributed by atoms with van der Waals surface area (Å²) in [6.07, 6.45) is 0.690. The van der Waals surface area contributed by atoms with Crippen LogP contribution in [-0.2, 0) is 11.2 Å². The van der Waals surface area contributed by atoms with Crippen molar-refractivity contribution in [3.05, 3.63) is 23.4 Å². The van der Waals surface area contributed by atoms with Crippen LogP contribution >= 0.6 is 0 Å².